The highest BCUT2D eigenvalue weighted by molar-refractivity contribution is 5.89. The van der Waals surface area contributed by atoms with Crippen LogP contribution in [-0.4, -0.2) is 83.1 Å². The number of likely N-dealkylation sites (tertiary alicyclic amines) is 1. The third-order valence-electron chi connectivity index (χ3n) is 10.9. The number of amides is 2. The number of unbranched alkanes of at least 4 members (excludes halogenated alkanes) is 1. The first kappa shape index (κ1) is 40.9. The summed E-state index contributed by atoms with van der Waals surface area (Å²) in [5.74, 6) is -0.168. The minimum atomic E-state index is -1.15. The van der Waals surface area contributed by atoms with E-state index in [1.54, 1.807) is 28.8 Å². The summed E-state index contributed by atoms with van der Waals surface area (Å²) in [7, 11) is 1.77. The Morgan fingerprint density at radius 1 is 0.982 bits per heavy atom. The lowest BCUT2D eigenvalue weighted by Crippen LogP contribution is -2.49. The zero-order valence-corrected chi connectivity index (χ0v) is 32.8. The number of nitrogens with one attached hydrogen (secondary N) is 2. The highest BCUT2D eigenvalue weighted by atomic mass is 16.3. The Bertz CT molecular complexity index is 2240. The van der Waals surface area contributed by atoms with E-state index in [4.69, 9.17) is 0 Å². The van der Waals surface area contributed by atoms with Crippen molar-refractivity contribution in [1.82, 2.24) is 34.9 Å². The number of aromatic nitrogens is 4. The monoisotopic (exact) mass is 775 g/mol. The molecule has 13 heteroatoms. The van der Waals surface area contributed by atoms with Gasteiger partial charge in [-0.3, -0.25) is 23.6 Å². The molecule has 0 aliphatic carbocycles. The maximum atomic E-state index is 13.6. The number of aliphatic hydroxyl groups is 1. The third-order valence-corrected chi connectivity index (χ3v) is 10.9. The van der Waals surface area contributed by atoms with Crippen LogP contribution in [0, 0.1) is 0 Å². The molecule has 3 heterocycles. The van der Waals surface area contributed by atoms with Gasteiger partial charge < -0.3 is 30.9 Å². The van der Waals surface area contributed by atoms with Gasteiger partial charge in [0, 0.05) is 45.1 Å². The summed E-state index contributed by atoms with van der Waals surface area (Å²) in [6, 6.07) is 20.7. The molecule has 1 atom stereocenters. The van der Waals surface area contributed by atoms with Crippen LogP contribution in [-0.2, 0) is 36.1 Å². The highest BCUT2D eigenvalue weighted by Gasteiger charge is 2.35. The number of phenolic OH excluding ortho intramolecular Hbond substituents is 2. The molecule has 1 saturated heterocycles. The van der Waals surface area contributed by atoms with Gasteiger partial charge in [0.05, 0.1) is 24.2 Å². The number of piperidine rings is 1. The summed E-state index contributed by atoms with van der Waals surface area (Å²) in [4.78, 5) is 45.6. The van der Waals surface area contributed by atoms with Gasteiger partial charge in [-0.2, -0.15) is 5.10 Å². The molecule has 13 nitrogen and oxygen atoms in total. The van der Waals surface area contributed by atoms with E-state index in [1.807, 2.05) is 61.5 Å². The van der Waals surface area contributed by atoms with Crippen LogP contribution in [0.2, 0.25) is 0 Å². The topological polar surface area (TPSA) is 175 Å². The second kappa shape index (κ2) is 18.4. The van der Waals surface area contributed by atoms with Gasteiger partial charge in [-0.25, -0.2) is 4.98 Å². The number of hydrogen-bond donors (Lipinski definition) is 5. The number of nitrogens with zero attached hydrogens (tertiary/aromatic N) is 5. The summed E-state index contributed by atoms with van der Waals surface area (Å²) >= 11 is 0. The molecule has 0 bridgehead atoms. The third kappa shape index (κ3) is 10.2. The van der Waals surface area contributed by atoms with Gasteiger partial charge in [-0.1, -0.05) is 74.2 Å². The van der Waals surface area contributed by atoms with Gasteiger partial charge in [0.1, 0.15) is 5.52 Å². The van der Waals surface area contributed by atoms with Crippen molar-refractivity contribution >= 4 is 28.9 Å². The number of carbonyl (C=O) groups excluding carboxylic acids is 2. The van der Waals surface area contributed by atoms with E-state index in [1.165, 1.54) is 17.0 Å². The standard InChI is InChI=1S/C44H53N7O6/c1-4-32-25-36(52)37(53)26-35(32)17-21-45-20-9-8-12-38(54)46-27-31-13-15-34(16-14-31)42-40-41(48-49(42)3)43(56)51(29-47-40)28-44(57)18-22-50(23-19-44)39(55)24-30(2)33-10-6-5-7-11-33/h4-7,10-11,13-16,25-26,29-30,45,52-53,57H,1,8-9,12,17-24,27-28H2,2-3H3,(H,46,54)/t30-/m1/s1. The number of aryl methyl sites for hydroxylation is 1. The molecule has 5 N–H and O–H groups in total. The number of rotatable bonds is 17. The molecule has 1 fully saturated rings. The molecule has 0 unspecified atom stereocenters. The molecule has 2 amide bonds. The molecule has 1 aliphatic rings. The second-order valence-electron chi connectivity index (χ2n) is 15.1. The number of aromatic hydroxyl groups is 2. The van der Waals surface area contributed by atoms with E-state index in [-0.39, 0.29) is 46.9 Å². The molecule has 5 aromatic rings. The average molecular weight is 776 g/mol. The Labute approximate surface area is 332 Å². The van der Waals surface area contributed by atoms with Crippen LogP contribution in [0.25, 0.3) is 28.4 Å². The van der Waals surface area contributed by atoms with Crippen LogP contribution in [0.4, 0.5) is 0 Å². The van der Waals surface area contributed by atoms with Crippen molar-refractivity contribution in [1.29, 1.82) is 0 Å². The quantitative estimate of drug-likeness (QED) is 0.0642. The molecule has 0 saturated carbocycles. The maximum Gasteiger partial charge on any atom is 0.281 e. The summed E-state index contributed by atoms with van der Waals surface area (Å²) in [5.41, 5.74) is 4.45. The number of fused-ring (bicyclic) bond motifs is 1. The summed E-state index contributed by atoms with van der Waals surface area (Å²) < 4.78 is 3.06. The van der Waals surface area contributed by atoms with Gasteiger partial charge in [-0.15, -0.1) is 0 Å². The lowest BCUT2D eigenvalue weighted by Gasteiger charge is -2.38. The van der Waals surface area contributed by atoms with E-state index in [9.17, 15) is 29.7 Å². The van der Waals surface area contributed by atoms with Crippen LogP contribution in [0.3, 0.4) is 0 Å². The molecule has 1 aliphatic heterocycles. The van der Waals surface area contributed by atoms with Gasteiger partial charge in [-0.05, 0) is 85.5 Å². The fourth-order valence-corrected chi connectivity index (χ4v) is 7.47. The van der Waals surface area contributed by atoms with Crippen molar-refractivity contribution in [2.24, 2.45) is 7.05 Å². The zero-order chi connectivity index (χ0) is 40.5. The van der Waals surface area contributed by atoms with E-state index >= 15 is 0 Å². The smallest absolute Gasteiger partial charge is 0.281 e. The minimum absolute atomic E-state index is 0.0236. The van der Waals surface area contributed by atoms with Crippen molar-refractivity contribution in [3.8, 4) is 22.8 Å². The fourth-order valence-electron chi connectivity index (χ4n) is 7.47. The highest BCUT2D eigenvalue weighted by Crippen LogP contribution is 2.30. The Morgan fingerprint density at radius 3 is 2.42 bits per heavy atom. The number of phenols is 2. The molecule has 300 valence electrons. The SMILES string of the molecule is C=Cc1cc(O)c(O)cc1CCNCCCCC(=O)NCc1ccc(-c2c3ncn(CC4(O)CCN(C(=O)C[C@@H](C)c5ccccc5)CC4)c(=O)c3nn2C)cc1. The molecule has 3 aromatic carbocycles. The van der Waals surface area contributed by atoms with E-state index in [2.05, 4.69) is 27.3 Å². The normalized spacial score (nSPS) is 14.4. The maximum absolute atomic E-state index is 13.6. The first-order chi connectivity index (χ1) is 27.4. The van der Waals surface area contributed by atoms with Crippen molar-refractivity contribution in [3.63, 3.8) is 0 Å². The largest absolute Gasteiger partial charge is 0.504 e. The van der Waals surface area contributed by atoms with Crippen LogP contribution in [0.1, 0.15) is 73.6 Å². The first-order valence-electron chi connectivity index (χ1n) is 19.7. The molecule has 57 heavy (non-hydrogen) atoms. The van der Waals surface area contributed by atoms with Crippen LogP contribution in [0.5, 0.6) is 11.5 Å². The Kier molecular flexibility index (Phi) is 13.2. The molecule has 6 rings (SSSR count). The minimum Gasteiger partial charge on any atom is -0.504 e. The van der Waals surface area contributed by atoms with Gasteiger partial charge >= 0.3 is 0 Å². The van der Waals surface area contributed by atoms with Crippen molar-refractivity contribution in [3.05, 3.63) is 112 Å². The van der Waals surface area contributed by atoms with Gasteiger partial charge in [0.2, 0.25) is 11.8 Å². The Balaban J connectivity index is 0.951. The lowest BCUT2D eigenvalue weighted by atomic mass is 9.90. The predicted molar refractivity (Wildman–Crippen MR) is 221 cm³/mol. The van der Waals surface area contributed by atoms with Crippen molar-refractivity contribution in [2.75, 3.05) is 26.2 Å². The number of benzene rings is 3. The molecular formula is C44H53N7O6. The van der Waals surface area contributed by atoms with Gasteiger partial charge in [0.15, 0.2) is 17.0 Å². The number of carbonyl (C=O) groups is 2. The van der Waals surface area contributed by atoms with Crippen LogP contribution < -0.4 is 16.2 Å². The molecule has 0 spiro atoms. The van der Waals surface area contributed by atoms with Gasteiger partial charge in [0.25, 0.3) is 5.56 Å². The van der Waals surface area contributed by atoms with E-state index in [0.29, 0.717) is 69.5 Å². The van der Waals surface area contributed by atoms with Crippen LogP contribution in [0.15, 0.2) is 84.4 Å². The average Bonchev–Trinajstić information content (AvgIpc) is 3.55. The fraction of sp³-hybridized carbons (Fsp3) is 0.386. The molecule has 2 aromatic heterocycles. The molecule has 0 radical (unpaired) electrons. The van der Waals surface area contributed by atoms with Crippen molar-refractivity contribution < 1.29 is 24.9 Å². The first-order valence-corrected chi connectivity index (χ1v) is 19.7. The lowest BCUT2D eigenvalue weighted by molar-refractivity contribution is -0.136. The van der Waals surface area contributed by atoms with Crippen LogP contribution >= 0.6 is 0 Å². The van der Waals surface area contributed by atoms with E-state index in [0.717, 1.165) is 47.2 Å². The second-order valence-corrected chi connectivity index (χ2v) is 15.1. The van der Waals surface area contributed by atoms with Crippen molar-refractivity contribution in [2.45, 2.75) is 76.5 Å². The predicted octanol–water partition coefficient (Wildman–Crippen LogP) is 5.02. The summed E-state index contributed by atoms with van der Waals surface area (Å²) in [6.45, 7) is 8.55. The van der Waals surface area contributed by atoms with E-state index < -0.39 is 5.60 Å². The Hall–Kier alpha value is -5.79. The Morgan fingerprint density at radius 2 is 1.70 bits per heavy atom. The summed E-state index contributed by atoms with van der Waals surface area (Å²) in [6.07, 6.45) is 6.91. The molecular weight excluding hydrogens is 723 g/mol. The zero-order valence-electron chi connectivity index (χ0n) is 32.8. The summed E-state index contributed by atoms with van der Waals surface area (Å²) in [5, 5.41) is 41.8. The number of hydrogen-bond acceptors (Lipinski definition) is 9.